The molecule has 0 amide bonds. The van der Waals surface area contributed by atoms with Gasteiger partial charge in [0.05, 0.1) is 17.3 Å². The highest BCUT2D eigenvalue weighted by Crippen LogP contribution is 2.19. The SMILES string of the molecule is CCOC(=O)/C(C=O)=N/Nc1ccc(F)c(Cl)c1. The number of aldehydes is 1. The third-order valence-electron chi connectivity index (χ3n) is 1.82. The molecular formula is C11H10ClFN2O3. The van der Waals surface area contributed by atoms with Crippen LogP contribution in [0.25, 0.3) is 0 Å². The molecule has 0 saturated heterocycles. The molecule has 0 aliphatic heterocycles. The van der Waals surface area contributed by atoms with Crippen molar-refractivity contribution in [1.29, 1.82) is 0 Å². The second-order valence-electron chi connectivity index (χ2n) is 3.08. The van der Waals surface area contributed by atoms with Crippen molar-refractivity contribution in [3.63, 3.8) is 0 Å². The quantitative estimate of drug-likeness (QED) is 0.293. The van der Waals surface area contributed by atoms with E-state index in [4.69, 9.17) is 11.6 Å². The van der Waals surface area contributed by atoms with Crippen LogP contribution in [0, 0.1) is 5.82 Å². The summed E-state index contributed by atoms with van der Waals surface area (Å²) in [7, 11) is 0. The van der Waals surface area contributed by atoms with Gasteiger partial charge in [0.15, 0.2) is 6.29 Å². The molecular weight excluding hydrogens is 263 g/mol. The molecule has 96 valence electrons. The number of anilines is 1. The molecule has 1 N–H and O–H groups in total. The summed E-state index contributed by atoms with van der Waals surface area (Å²) in [6, 6.07) is 3.76. The summed E-state index contributed by atoms with van der Waals surface area (Å²) < 4.78 is 17.5. The van der Waals surface area contributed by atoms with Gasteiger partial charge in [-0.3, -0.25) is 10.2 Å². The molecule has 0 fully saturated rings. The lowest BCUT2D eigenvalue weighted by Crippen LogP contribution is -2.20. The fourth-order valence-electron chi connectivity index (χ4n) is 1.02. The van der Waals surface area contributed by atoms with Gasteiger partial charge in [-0.1, -0.05) is 11.6 Å². The zero-order valence-corrected chi connectivity index (χ0v) is 10.2. The van der Waals surface area contributed by atoms with E-state index >= 15 is 0 Å². The highest BCUT2D eigenvalue weighted by molar-refractivity contribution is 6.58. The molecule has 0 aromatic heterocycles. The summed E-state index contributed by atoms with van der Waals surface area (Å²) in [6.45, 7) is 1.74. The molecule has 7 heteroatoms. The minimum atomic E-state index is -0.840. The number of carbonyl (C=O) groups is 2. The first kappa shape index (κ1) is 14.1. The van der Waals surface area contributed by atoms with E-state index in [1.807, 2.05) is 0 Å². The van der Waals surface area contributed by atoms with Crippen LogP contribution in [-0.4, -0.2) is 24.6 Å². The lowest BCUT2D eigenvalue weighted by atomic mass is 10.3. The monoisotopic (exact) mass is 272 g/mol. The Labute approximate surface area is 108 Å². The molecule has 0 unspecified atom stereocenters. The zero-order valence-electron chi connectivity index (χ0n) is 9.44. The topological polar surface area (TPSA) is 67.8 Å². The molecule has 0 radical (unpaired) electrons. The van der Waals surface area contributed by atoms with Crippen LogP contribution in [0.5, 0.6) is 0 Å². The van der Waals surface area contributed by atoms with Gasteiger partial charge in [0.25, 0.3) is 0 Å². The molecule has 1 rings (SSSR count). The molecule has 0 spiro atoms. The molecule has 18 heavy (non-hydrogen) atoms. The third-order valence-corrected chi connectivity index (χ3v) is 2.11. The maximum absolute atomic E-state index is 12.9. The second-order valence-corrected chi connectivity index (χ2v) is 3.48. The first-order valence-corrected chi connectivity index (χ1v) is 5.37. The second kappa shape index (κ2) is 6.70. The zero-order chi connectivity index (χ0) is 13.5. The molecule has 0 aliphatic carbocycles. The van der Waals surface area contributed by atoms with Gasteiger partial charge in [0.2, 0.25) is 5.71 Å². The minimum absolute atomic E-state index is 0.0982. The lowest BCUT2D eigenvalue weighted by molar-refractivity contribution is -0.135. The molecule has 1 aromatic carbocycles. The van der Waals surface area contributed by atoms with E-state index in [2.05, 4.69) is 15.3 Å². The standard InChI is InChI=1S/C11H10ClFN2O3/c1-2-18-11(17)10(6-16)15-14-7-3-4-9(13)8(12)5-7/h3-6,14H,2H2,1H3/b15-10+. The van der Waals surface area contributed by atoms with Crippen molar-refractivity contribution in [2.45, 2.75) is 6.92 Å². The number of nitrogens with one attached hydrogen (secondary N) is 1. The van der Waals surface area contributed by atoms with Gasteiger partial charge in [-0.05, 0) is 25.1 Å². The summed E-state index contributed by atoms with van der Waals surface area (Å²) in [5.74, 6) is -1.42. The number of esters is 1. The van der Waals surface area contributed by atoms with Gasteiger partial charge in [-0.2, -0.15) is 5.10 Å². The largest absolute Gasteiger partial charge is 0.461 e. The average Bonchev–Trinajstić information content (AvgIpc) is 2.34. The van der Waals surface area contributed by atoms with E-state index in [-0.39, 0.29) is 17.9 Å². The van der Waals surface area contributed by atoms with Crippen LogP contribution < -0.4 is 5.43 Å². The first-order chi connectivity index (χ1) is 8.58. The number of hydrogen-bond acceptors (Lipinski definition) is 5. The number of carbonyl (C=O) groups excluding carboxylic acids is 2. The Bertz CT molecular complexity index is 491. The summed E-state index contributed by atoms with van der Waals surface area (Å²) in [4.78, 5) is 21.8. The molecule has 0 aliphatic rings. The van der Waals surface area contributed by atoms with E-state index in [1.165, 1.54) is 12.1 Å². The van der Waals surface area contributed by atoms with Gasteiger partial charge in [0.1, 0.15) is 5.82 Å². The van der Waals surface area contributed by atoms with Crippen molar-refractivity contribution in [1.82, 2.24) is 0 Å². The Morgan fingerprint density at radius 3 is 2.89 bits per heavy atom. The maximum Gasteiger partial charge on any atom is 0.362 e. The van der Waals surface area contributed by atoms with Crippen LogP contribution in [0.3, 0.4) is 0 Å². The van der Waals surface area contributed by atoms with Crippen molar-refractivity contribution in [2.75, 3.05) is 12.0 Å². The molecule has 0 heterocycles. The van der Waals surface area contributed by atoms with Crippen molar-refractivity contribution in [2.24, 2.45) is 5.10 Å². The summed E-state index contributed by atoms with van der Waals surface area (Å²) in [5, 5.41) is 3.45. The number of benzene rings is 1. The Balaban J connectivity index is 2.79. The highest BCUT2D eigenvalue weighted by Gasteiger charge is 2.11. The third kappa shape index (κ3) is 3.81. The molecule has 1 aromatic rings. The van der Waals surface area contributed by atoms with Crippen molar-refractivity contribution < 1.29 is 18.7 Å². The van der Waals surface area contributed by atoms with E-state index in [0.717, 1.165) is 6.07 Å². The number of halogens is 2. The Kier molecular flexibility index (Phi) is 5.26. The van der Waals surface area contributed by atoms with E-state index in [1.54, 1.807) is 6.92 Å². The predicted molar refractivity (Wildman–Crippen MR) is 65.2 cm³/mol. The van der Waals surface area contributed by atoms with Crippen molar-refractivity contribution in [3.8, 4) is 0 Å². The van der Waals surface area contributed by atoms with Gasteiger partial charge in [-0.25, -0.2) is 9.18 Å². The average molecular weight is 273 g/mol. The maximum atomic E-state index is 12.9. The van der Waals surface area contributed by atoms with E-state index in [9.17, 15) is 14.0 Å². The van der Waals surface area contributed by atoms with Crippen LogP contribution in [0.15, 0.2) is 23.3 Å². The normalized spacial score (nSPS) is 10.9. The van der Waals surface area contributed by atoms with Crippen LogP contribution in [0.1, 0.15) is 6.92 Å². The van der Waals surface area contributed by atoms with Crippen LogP contribution >= 0.6 is 11.6 Å². The van der Waals surface area contributed by atoms with E-state index in [0.29, 0.717) is 5.69 Å². The molecule has 0 saturated carbocycles. The lowest BCUT2D eigenvalue weighted by Gasteiger charge is -2.03. The number of ether oxygens (including phenoxy) is 1. The van der Waals surface area contributed by atoms with Crippen molar-refractivity contribution in [3.05, 3.63) is 29.0 Å². The minimum Gasteiger partial charge on any atom is -0.461 e. The van der Waals surface area contributed by atoms with Gasteiger partial charge in [0, 0.05) is 0 Å². The first-order valence-electron chi connectivity index (χ1n) is 4.99. The number of nitrogens with zero attached hydrogens (tertiary/aromatic N) is 1. The van der Waals surface area contributed by atoms with Crippen LogP contribution in [0.2, 0.25) is 5.02 Å². The summed E-state index contributed by atoms with van der Waals surface area (Å²) >= 11 is 5.55. The van der Waals surface area contributed by atoms with Crippen LogP contribution in [-0.2, 0) is 14.3 Å². The van der Waals surface area contributed by atoms with Gasteiger partial charge >= 0.3 is 5.97 Å². The van der Waals surface area contributed by atoms with Gasteiger partial charge in [-0.15, -0.1) is 0 Å². The fourth-order valence-corrected chi connectivity index (χ4v) is 1.20. The fraction of sp³-hybridized carbons (Fsp3) is 0.182. The molecule has 0 atom stereocenters. The summed E-state index contributed by atoms with van der Waals surface area (Å²) in [5.41, 5.74) is 2.33. The number of rotatable bonds is 5. The van der Waals surface area contributed by atoms with Crippen molar-refractivity contribution >= 4 is 35.3 Å². The van der Waals surface area contributed by atoms with Gasteiger partial charge < -0.3 is 4.74 Å². The number of hydrazone groups is 1. The Morgan fingerprint density at radius 1 is 1.61 bits per heavy atom. The number of hydrogen-bond donors (Lipinski definition) is 1. The van der Waals surface area contributed by atoms with E-state index < -0.39 is 17.5 Å². The highest BCUT2D eigenvalue weighted by atomic mass is 35.5. The van der Waals surface area contributed by atoms with Crippen LogP contribution in [0.4, 0.5) is 10.1 Å². The molecule has 0 bridgehead atoms. The predicted octanol–water partition coefficient (Wildman–Crippen LogP) is 2.01. The summed E-state index contributed by atoms with van der Waals surface area (Å²) in [6.07, 6.45) is 0.260. The smallest absolute Gasteiger partial charge is 0.362 e. The molecule has 5 nitrogen and oxygen atoms in total. The Morgan fingerprint density at radius 2 is 2.33 bits per heavy atom. The Hall–Kier alpha value is -1.95.